The minimum Gasteiger partial charge on any atom is -0.386 e. The summed E-state index contributed by atoms with van der Waals surface area (Å²) in [6.07, 6.45) is -0.677. The molecule has 0 fully saturated rings. The summed E-state index contributed by atoms with van der Waals surface area (Å²) in [6, 6.07) is 8.02. The number of nitrogens with zero attached hydrogens (tertiary/aromatic N) is 2. The summed E-state index contributed by atoms with van der Waals surface area (Å²) in [7, 11) is 0. The number of amides is 1. The van der Waals surface area contributed by atoms with Crippen molar-refractivity contribution in [2.75, 3.05) is 26.2 Å². The van der Waals surface area contributed by atoms with Crippen molar-refractivity contribution in [3.63, 3.8) is 0 Å². The average molecular weight is 432 g/mol. The Balaban J connectivity index is 1.84. The van der Waals surface area contributed by atoms with Gasteiger partial charge in [-0.05, 0) is 30.4 Å². The third-order valence-corrected chi connectivity index (χ3v) is 5.51. The fourth-order valence-electron chi connectivity index (χ4n) is 2.79. The molecule has 0 saturated carbocycles. The molecule has 0 aliphatic carbocycles. The van der Waals surface area contributed by atoms with Crippen molar-refractivity contribution in [2.24, 2.45) is 4.99 Å². The van der Waals surface area contributed by atoms with Crippen molar-refractivity contribution in [1.29, 1.82) is 0 Å². The molecule has 1 aromatic heterocycles. The molecule has 8 heteroatoms. The first-order chi connectivity index (χ1) is 14.2. The van der Waals surface area contributed by atoms with Crippen molar-refractivity contribution in [2.45, 2.75) is 46.1 Å². The Kier molecular flexibility index (Phi) is 8.80. The van der Waals surface area contributed by atoms with E-state index in [9.17, 15) is 9.90 Å². The molecule has 2 rings (SSSR count). The van der Waals surface area contributed by atoms with Crippen molar-refractivity contribution in [1.82, 2.24) is 20.9 Å². The third kappa shape index (κ3) is 7.11. The highest BCUT2D eigenvalue weighted by Gasteiger charge is 2.15. The van der Waals surface area contributed by atoms with E-state index in [-0.39, 0.29) is 17.9 Å². The summed E-state index contributed by atoms with van der Waals surface area (Å²) in [6.45, 7) is 12.2. The third-order valence-electron chi connectivity index (χ3n) is 4.58. The molecule has 7 nitrogen and oxygen atoms in total. The Labute approximate surface area is 183 Å². The monoisotopic (exact) mass is 431 g/mol. The standard InChI is InChI=1S/C22H33N5O2S/c1-6-23-21(25-12-11-24-20(29)19-15(2)27-14-30-19)26-13-18(28)16-7-9-17(10-8-16)22(3,4)5/h7-10,14,18,28H,6,11-13H2,1-5H3,(H,24,29)(H2,23,25,26). The molecule has 1 unspecified atom stereocenters. The van der Waals surface area contributed by atoms with Crippen LogP contribution in [0.4, 0.5) is 0 Å². The van der Waals surface area contributed by atoms with Gasteiger partial charge in [-0.3, -0.25) is 9.79 Å². The number of aromatic nitrogens is 1. The first kappa shape index (κ1) is 23.8. The van der Waals surface area contributed by atoms with Crippen LogP contribution in [0.2, 0.25) is 0 Å². The minimum absolute atomic E-state index is 0.0812. The number of aliphatic imine (C=N–C) groups is 1. The van der Waals surface area contributed by atoms with Crippen LogP contribution in [0, 0.1) is 6.92 Å². The van der Waals surface area contributed by atoms with Crippen LogP contribution in [-0.4, -0.2) is 48.1 Å². The van der Waals surface area contributed by atoms with Gasteiger partial charge < -0.3 is 21.1 Å². The van der Waals surface area contributed by atoms with E-state index < -0.39 is 6.10 Å². The molecule has 164 valence electrons. The normalized spacial score (nSPS) is 13.1. The second-order valence-electron chi connectivity index (χ2n) is 8.06. The van der Waals surface area contributed by atoms with Gasteiger partial charge in [0, 0.05) is 19.6 Å². The molecule has 0 aliphatic heterocycles. The van der Waals surface area contributed by atoms with Crippen LogP contribution < -0.4 is 16.0 Å². The number of benzene rings is 1. The number of carbonyl (C=O) groups excluding carboxylic acids is 1. The van der Waals surface area contributed by atoms with Crippen molar-refractivity contribution >= 4 is 23.2 Å². The van der Waals surface area contributed by atoms with Crippen LogP contribution in [0.25, 0.3) is 0 Å². The zero-order valence-corrected chi connectivity index (χ0v) is 19.3. The smallest absolute Gasteiger partial charge is 0.263 e. The van der Waals surface area contributed by atoms with Gasteiger partial charge in [0.25, 0.3) is 5.91 Å². The van der Waals surface area contributed by atoms with Gasteiger partial charge >= 0.3 is 0 Å². The zero-order chi connectivity index (χ0) is 22.1. The number of aryl methyl sites for hydroxylation is 1. The maximum absolute atomic E-state index is 12.1. The Hall–Kier alpha value is -2.45. The highest BCUT2D eigenvalue weighted by Crippen LogP contribution is 2.24. The number of aliphatic hydroxyl groups is 1. The number of thiazole rings is 1. The molecule has 0 saturated heterocycles. The summed E-state index contributed by atoms with van der Waals surface area (Å²) in [4.78, 5) is 21.3. The van der Waals surface area contributed by atoms with Gasteiger partial charge in [-0.2, -0.15) is 0 Å². The maximum atomic E-state index is 12.1. The number of hydrogen-bond donors (Lipinski definition) is 4. The van der Waals surface area contributed by atoms with Crippen molar-refractivity contribution in [3.05, 3.63) is 51.5 Å². The zero-order valence-electron chi connectivity index (χ0n) is 18.5. The van der Waals surface area contributed by atoms with Crippen LogP contribution >= 0.6 is 11.3 Å². The molecule has 1 aromatic carbocycles. The van der Waals surface area contributed by atoms with E-state index in [1.54, 1.807) is 5.51 Å². The fourth-order valence-corrected chi connectivity index (χ4v) is 3.51. The predicted molar refractivity (Wildman–Crippen MR) is 123 cm³/mol. The fraction of sp³-hybridized carbons (Fsp3) is 0.500. The van der Waals surface area contributed by atoms with Gasteiger partial charge in [-0.25, -0.2) is 4.98 Å². The van der Waals surface area contributed by atoms with Crippen molar-refractivity contribution < 1.29 is 9.90 Å². The molecule has 0 spiro atoms. The van der Waals surface area contributed by atoms with E-state index in [2.05, 4.69) is 58.8 Å². The highest BCUT2D eigenvalue weighted by molar-refractivity contribution is 7.11. The van der Waals surface area contributed by atoms with Crippen LogP contribution in [0.3, 0.4) is 0 Å². The lowest BCUT2D eigenvalue weighted by molar-refractivity contribution is 0.0957. The van der Waals surface area contributed by atoms with Gasteiger partial charge in [0.1, 0.15) is 4.88 Å². The number of hydrogen-bond acceptors (Lipinski definition) is 5. The second kappa shape index (κ2) is 11.1. The van der Waals surface area contributed by atoms with Crippen LogP contribution in [0.1, 0.15) is 60.3 Å². The molecule has 1 atom stereocenters. The summed E-state index contributed by atoms with van der Waals surface area (Å²) in [5.41, 5.74) is 4.56. The Morgan fingerprint density at radius 2 is 1.83 bits per heavy atom. The van der Waals surface area contributed by atoms with E-state index in [0.29, 0.717) is 30.5 Å². The number of nitrogens with one attached hydrogen (secondary N) is 3. The molecule has 0 bridgehead atoms. The lowest BCUT2D eigenvalue weighted by atomic mass is 9.86. The molecule has 2 aromatic rings. The average Bonchev–Trinajstić information content (AvgIpc) is 3.14. The first-order valence-corrected chi connectivity index (χ1v) is 11.1. The van der Waals surface area contributed by atoms with E-state index in [0.717, 1.165) is 11.3 Å². The minimum atomic E-state index is -0.677. The predicted octanol–water partition coefficient (Wildman–Crippen LogP) is 2.77. The topological polar surface area (TPSA) is 98.6 Å². The van der Waals surface area contributed by atoms with E-state index in [4.69, 9.17) is 0 Å². The summed E-state index contributed by atoms with van der Waals surface area (Å²) < 4.78 is 0. The molecule has 0 aliphatic rings. The molecule has 1 amide bonds. The van der Waals surface area contributed by atoms with E-state index >= 15 is 0 Å². The van der Waals surface area contributed by atoms with Gasteiger partial charge in [0.2, 0.25) is 0 Å². The van der Waals surface area contributed by atoms with Gasteiger partial charge in [0.05, 0.1) is 23.9 Å². The van der Waals surface area contributed by atoms with Crippen molar-refractivity contribution in [3.8, 4) is 0 Å². The second-order valence-corrected chi connectivity index (χ2v) is 8.91. The quantitative estimate of drug-likeness (QED) is 0.293. The van der Waals surface area contributed by atoms with Crippen LogP contribution in [-0.2, 0) is 5.41 Å². The number of carbonyl (C=O) groups is 1. The van der Waals surface area contributed by atoms with Crippen LogP contribution in [0.15, 0.2) is 34.8 Å². The molecular weight excluding hydrogens is 398 g/mol. The Bertz CT molecular complexity index is 840. The maximum Gasteiger partial charge on any atom is 0.263 e. The molecule has 30 heavy (non-hydrogen) atoms. The number of rotatable bonds is 8. The van der Waals surface area contributed by atoms with Gasteiger partial charge in [-0.15, -0.1) is 11.3 Å². The molecule has 0 radical (unpaired) electrons. The Morgan fingerprint density at radius 1 is 1.17 bits per heavy atom. The molecular formula is C22H33N5O2S. The molecule has 4 N–H and O–H groups in total. The Morgan fingerprint density at radius 3 is 2.40 bits per heavy atom. The summed E-state index contributed by atoms with van der Waals surface area (Å²) in [5.74, 6) is 0.485. The van der Waals surface area contributed by atoms with E-state index in [1.165, 1.54) is 16.9 Å². The molecule has 1 heterocycles. The van der Waals surface area contributed by atoms with Crippen LogP contribution in [0.5, 0.6) is 0 Å². The van der Waals surface area contributed by atoms with Gasteiger partial charge in [0.15, 0.2) is 5.96 Å². The number of aliphatic hydroxyl groups excluding tert-OH is 1. The van der Waals surface area contributed by atoms with Gasteiger partial charge in [-0.1, -0.05) is 45.0 Å². The summed E-state index contributed by atoms with van der Waals surface area (Å²) in [5, 5.41) is 19.7. The largest absolute Gasteiger partial charge is 0.386 e. The SMILES string of the molecule is CCNC(=NCC(O)c1ccc(C(C)(C)C)cc1)NCCNC(=O)c1scnc1C. The highest BCUT2D eigenvalue weighted by atomic mass is 32.1. The lowest BCUT2D eigenvalue weighted by Gasteiger charge is -2.20. The summed E-state index contributed by atoms with van der Waals surface area (Å²) >= 11 is 1.33. The van der Waals surface area contributed by atoms with E-state index in [1.807, 2.05) is 26.0 Å². The first-order valence-electron chi connectivity index (χ1n) is 10.2. The lowest BCUT2D eigenvalue weighted by Crippen LogP contribution is -2.41. The number of guanidine groups is 1.